The second kappa shape index (κ2) is 5.48. The summed E-state index contributed by atoms with van der Waals surface area (Å²) < 4.78 is 0. The van der Waals surface area contributed by atoms with Crippen molar-refractivity contribution in [3.8, 4) is 0 Å². The van der Waals surface area contributed by atoms with Gasteiger partial charge in [0.2, 0.25) is 5.91 Å². The van der Waals surface area contributed by atoms with E-state index in [0.717, 1.165) is 0 Å². The van der Waals surface area contributed by atoms with E-state index in [1.165, 1.54) is 11.1 Å². The van der Waals surface area contributed by atoms with E-state index in [0.29, 0.717) is 11.4 Å². The van der Waals surface area contributed by atoms with Crippen LogP contribution in [-0.2, 0) is 4.79 Å². The van der Waals surface area contributed by atoms with E-state index in [2.05, 4.69) is 10.3 Å². The molecule has 6 heteroatoms. The Bertz CT molecular complexity index is 472. The molecule has 1 aromatic rings. The van der Waals surface area contributed by atoms with Gasteiger partial charge in [-0.05, 0) is 19.9 Å². The van der Waals surface area contributed by atoms with Crippen LogP contribution >= 0.6 is 0 Å². The monoisotopic (exact) mass is 251 g/mol. The van der Waals surface area contributed by atoms with Crippen LogP contribution in [0.1, 0.15) is 23.0 Å². The van der Waals surface area contributed by atoms with Gasteiger partial charge in [0.1, 0.15) is 11.6 Å². The summed E-state index contributed by atoms with van der Waals surface area (Å²) in [7, 11) is 3.30. The zero-order valence-corrected chi connectivity index (χ0v) is 10.9. The molecule has 0 aromatic carbocycles. The quantitative estimate of drug-likeness (QED) is 0.833. The van der Waals surface area contributed by atoms with Gasteiger partial charge in [-0.15, -0.1) is 0 Å². The fraction of sp³-hybridized carbons (Fsp3) is 0.417. The highest BCUT2D eigenvalue weighted by Crippen LogP contribution is 2.17. The lowest BCUT2D eigenvalue weighted by molar-refractivity contribution is -0.129. The Morgan fingerprint density at radius 1 is 1.44 bits per heavy atom. The third-order valence-corrected chi connectivity index (χ3v) is 2.45. The van der Waals surface area contributed by atoms with Crippen LogP contribution in [0.15, 0.2) is 12.3 Å². The van der Waals surface area contributed by atoms with Crippen molar-refractivity contribution >= 4 is 17.6 Å². The molecule has 0 saturated carbocycles. The number of rotatable bonds is 4. The number of aromatic carboxylic acids is 1. The van der Waals surface area contributed by atoms with Crippen LogP contribution in [0, 0.1) is 6.92 Å². The number of aryl methyl sites for hydroxylation is 1. The maximum absolute atomic E-state index is 11.7. The smallest absolute Gasteiger partial charge is 0.339 e. The predicted molar refractivity (Wildman–Crippen MR) is 67.7 cm³/mol. The average molecular weight is 251 g/mol. The van der Waals surface area contributed by atoms with Crippen molar-refractivity contribution in [1.82, 2.24) is 9.88 Å². The van der Waals surface area contributed by atoms with Gasteiger partial charge in [-0.3, -0.25) is 9.78 Å². The lowest BCUT2D eigenvalue weighted by Gasteiger charge is -2.20. The number of aromatic nitrogens is 1. The lowest BCUT2D eigenvalue weighted by Crippen LogP contribution is -2.37. The van der Waals surface area contributed by atoms with E-state index in [4.69, 9.17) is 5.11 Å². The molecule has 1 amide bonds. The largest absolute Gasteiger partial charge is 0.478 e. The minimum atomic E-state index is -1.07. The Hall–Kier alpha value is -2.11. The van der Waals surface area contributed by atoms with E-state index in [9.17, 15) is 9.59 Å². The molecule has 0 saturated heterocycles. The first-order valence-corrected chi connectivity index (χ1v) is 5.50. The number of amides is 1. The first kappa shape index (κ1) is 14.0. The number of hydrogen-bond donors (Lipinski definition) is 2. The van der Waals surface area contributed by atoms with Crippen molar-refractivity contribution in [2.24, 2.45) is 0 Å². The second-order valence-electron chi connectivity index (χ2n) is 4.28. The fourth-order valence-corrected chi connectivity index (χ4v) is 1.53. The van der Waals surface area contributed by atoms with Gasteiger partial charge in [-0.25, -0.2) is 4.79 Å². The highest BCUT2D eigenvalue weighted by Gasteiger charge is 2.18. The zero-order chi connectivity index (χ0) is 13.9. The summed E-state index contributed by atoms with van der Waals surface area (Å²) in [5.74, 6) is -1.20. The molecule has 18 heavy (non-hydrogen) atoms. The van der Waals surface area contributed by atoms with Crippen LogP contribution in [0.4, 0.5) is 5.69 Å². The molecule has 6 nitrogen and oxygen atoms in total. The average Bonchev–Trinajstić information content (AvgIpc) is 2.27. The van der Waals surface area contributed by atoms with Crippen LogP contribution in [0.2, 0.25) is 0 Å². The van der Waals surface area contributed by atoms with E-state index in [-0.39, 0.29) is 11.5 Å². The number of likely N-dealkylation sites (N-methyl/N-ethyl adjacent to an activating group) is 1. The molecule has 0 fully saturated rings. The van der Waals surface area contributed by atoms with E-state index in [1.807, 2.05) is 0 Å². The highest BCUT2D eigenvalue weighted by atomic mass is 16.4. The summed E-state index contributed by atoms with van der Waals surface area (Å²) in [5, 5.41) is 11.9. The molecule has 1 unspecified atom stereocenters. The number of hydrogen-bond acceptors (Lipinski definition) is 4. The van der Waals surface area contributed by atoms with Crippen molar-refractivity contribution in [2.75, 3.05) is 19.4 Å². The molecule has 0 radical (unpaired) electrons. The number of nitrogens with one attached hydrogen (secondary N) is 1. The molecular formula is C12H17N3O3. The Balaban J connectivity index is 2.99. The molecule has 1 rings (SSSR count). The Labute approximate surface area is 106 Å². The molecule has 0 aliphatic rings. The van der Waals surface area contributed by atoms with Gasteiger partial charge in [-0.1, -0.05) is 0 Å². The molecular weight excluding hydrogens is 234 g/mol. The predicted octanol–water partition coefficient (Wildman–Crippen LogP) is 0.977. The maximum Gasteiger partial charge on any atom is 0.339 e. The topological polar surface area (TPSA) is 82.5 Å². The SMILES string of the molecule is Cc1cc(NC(C)C(=O)N(C)C)c(C(=O)O)cn1. The number of carbonyl (C=O) groups is 2. The molecule has 1 aromatic heterocycles. The van der Waals surface area contributed by atoms with Crippen molar-refractivity contribution in [1.29, 1.82) is 0 Å². The minimum absolute atomic E-state index is 0.0546. The highest BCUT2D eigenvalue weighted by molar-refractivity contribution is 5.95. The fourth-order valence-electron chi connectivity index (χ4n) is 1.53. The van der Waals surface area contributed by atoms with Crippen LogP contribution in [-0.4, -0.2) is 47.0 Å². The van der Waals surface area contributed by atoms with Crippen LogP contribution in [0.3, 0.4) is 0 Å². The molecule has 2 N–H and O–H groups in total. The zero-order valence-electron chi connectivity index (χ0n) is 10.9. The van der Waals surface area contributed by atoms with E-state index in [1.54, 1.807) is 34.0 Å². The summed E-state index contributed by atoms with van der Waals surface area (Å²) in [4.78, 5) is 28.1. The molecule has 0 bridgehead atoms. The number of nitrogens with zero attached hydrogens (tertiary/aromatic N) is 2. The van der Waals surface area contributed by atoms with Gasteiger partial charge in [0, 0.05) is 26.0 Å². The van der Waals surface area contributed by atoms with Gasteiger partial charge < -0.3 is 15.3 Å². The number of anilines is 1. The normalized spacial score (nSPS) is 11.8. The summed E-state index contributed by atoms with van der Waals surface area (Å²) in [5.41, 5.74) is 1.14. The first-order chi connectivity index (χ1) is 8.32. The second-order valence-corrected chi connectivity index (χ2v) is 4.28. The Morgan fingerprint density at radius 3 is 2.56 bits per heavy atom. The summed E-state index contributed by atoms with van der Waals surface area (Å²) in [6, 6.07) is 1.11. The van der Waals surface area contributed by atoms with Crippen molar-refractivity contribution in [3.05, 3.63) is 23.5 Å². The van der Waals surface area contributed by atoms with Crippen molar-refractivity contribution in [3.63, 3.8) is 0 Å². The molecule has 0 aliphatic heterocycles. The van der Waals surface area contributed by atoms with E-state index >= 15 is 0 Å². The van der Waals surface area contributed by atoms with Gasteiger partial charge in [0.15, 0.2) is 0 Å². The van der Waals surface area contributed by atoms with Crippen LogP contribution < -0.4 is 5.32 Å². The molecule has 1 atom stereocenters. The van der Waals surface area contributed by atoms with Gasteiger partial charge in [0.05, 0.1) is 5.69 Å². The van der Waals surface area contributed by atoms with Gasteiger partial charge >= 0.3 is 5.97 Å². The number of carbonyl (C=O) groups excluding carboxylic acids is 1. The molecule has 0 spiro atoms. The van der Waals surface area contributed by atoms with Gasteiger partial charge in [-0.2, -0.15) is 0 Å². The first-order valence-electron chi connectivity index (χ1n) is 5.50. The Kier molecular flexibility index (Phi) is 4.25. The van der Waals surface area contributed by atoms with Crippen molar-refractivity contribution in [2.45, 2.75) is 19.9 Å². The lowest BCUT2D eigenvalue weighted by atomic mass is 10.2. The summed E-state index contributed by atoms with van der Waals surface area (Å²) in [6.07, 6.45) is 1.28. The Morgan fingerprint density at radius 2 is 2.06 bits per heavy atom. The standard InChI is InChI=1S/C12H17N3O3/c1-7-5-10(9(6-13-7)12(17)18)14-8(2)11(16)15(3)4/h5-6,8H,1-4H3,(H,13,14)(H,17,18). The third kappa shape index (κ3) is 3.19. The van der Waals surface area contributed by atoms with Gasteiger partial charge in [0.25, 0.3) is 0 Å². The molecule has 1 heterocycles. The maximum atomic E-state index is 11.7. The summed E-state index contributed by atoms with van der Waals surface area (Å²) in [6.45, 7) is 3.44. The minimum Gasteiger partial charge on any atom is -0.478 e. The van der Waals surface area contributed by atoms with Crippen LogP contribution in [0.5, 0.6) is 0 Å². The number of pyridine rings is 1. The van der Waals surface area contributed by atoms with Crippen molar-refractivity contribution < 1.29 is 14.7 Å². The molecule has 98 valence electrons. The summed E-state index contributed by atoms with van der Waals surface area (Å²) >= 11 is 0. The van der Waals surface area contributed by atoms with E-state index < -0.39 is 12.0 Å². The third-order valence-electron chi connectivity index (χ3n) is 2.45. The molecule has 0 aliphatic carbocycles. The van der Waals surface area contributed by atoms with Crippen LogP contribution in [0.25, 0.3) is 0 Å². The number of carboxylic acids is 1. The number of carboxylic acid groups (broad SMARTS) is 1.